The summed E-state index contributed by atoms with van der Waals surface area (Å²) in [4.78, 5) is 25.2. The molecule has 0 saturated carbocycles. The number of esters is 2. The third-order valence-electron chi connectivity index (χ3n) is 12.2. The van der Waals surface area contributed by atoms with E-state index in [0.717, 1.165) is 56.7 Å². The monoisotopic (exact) mass is 909 g/mol. The Morgan fingerprint density at radius 2 is 0.683 bits per heavy atom. The van der Waals surface area contributed by atoms with Crippen molar-refractivity contribution < 1.29 is 61.6 Å². The first-order chi connectivity index (χ1) is 30.3. The Kier molecular flexibility index (Phi) is 44.6. The Balaban J connectivity index is 0.0000384. The number of allylic oxidation sites excluding steroid dienone is 2. The van der Waals surface area contributed by atoms with Crippen LogP contribution in [-0.2, 0) is 19.6 Å². The first-order valence-electron chi connectivity index (χ1n) is 26.1. The van der Waals surface area contributed by atoms with Crippen molar-refractivity contribution >= 4 is 22.1 Å². The Morgan fingerprint density at radius 3 is 0.952 bits per heavy atom. The molecule has 0 radical (unpaired) electrons. The predicted molar refractivity (Wildman–Crippen MR) is 260 cm³/mol. The number of carbonyl (C=O) groups is 2. The number of ether oxygens (including phenoxy) is 2. The van der Waals surface area contributed by atoms with Crippen LogP contribution in [0.5, 0.6) is 0 Å². The zero-order valence-electron chi connectivity index (χ0n) is 41.1. The van der Waals surface area contributed by atoms with Gasteiger partial charge in [-0.1, -0.05) is 245 Å². The number of unbranched alkanes of at least 4 members (excludes halogenated alkanes) is 38. The molecule has 0 aromatic heterocycles. The van der Waals surface area contributed by atoms with Crippen molar-refractivity contribution in [1.29, 1.82) is 0 Å². The minimum absolute atomic E-state index is 0. The van der Waals surface area contributed by atoms with E-state index in [2.05, 4.69) is 13.8 Å². The second kappa shape index (κ2) is 45.7. The minimum atomic E-state index is -4.85. The maximum Gasteiger partial charge on any atom is 1.00 e. The second-order valence-electron chi connectivity index (χ2n) is 18.0. The van der Waals surface area contributed by atoms with Crippen LogP contribution in [0.4, 0.5) is 0 Å². The normalized spacial score (nSPS) is 11.7. The molecule has 9 heteroatoms. The molecule has 0 saturated heterocycles. The van der Waals surface area contributed by atoms with E-state index in [1.165, 1.54) is 231 Å². The molecule has 0 spiro atoms. The smallest absolute Gasteiger partial charge is 0.744 e. The van der Waals surface area contributed by atoms with Crippen LogP contribution in [0.15, 0.2) is 47.8 Å². The van der Waals surface area contributed by atoms with Gasteiger partial charge in [-0.2, -0.15) is 0 Å². The third kappa shape index (κ3) is 38.4. The maximum atomic E-state index is 12.9. The van der Waals surface area contributed by atoms with Crippen molar-refractivity contribution in [2.24, 2.45) is 0 Å². The fourth-order valence-corrected chi connectivity index (χ4v) is 8.69. The molecule has 1 rings (SSSR count). The predicted octanol–water partition coefficient (Wildman–Crippen LogP) is 14.6. The molecular weight excluding hydrogens is 816 g/mol. The topological polar surface area (TPSA) is 110 Å². The van der Waals surface area contributed by atoms with Crippen molar-refractivity contribution in [1.82, 2.24) is 0 Å². The summed E-state index contributed by atoms with van der Waals surface area (Å²) in [5, 5.41) is 0. The van der Waals surface area contributed by atoms with Crippen molar-refractivity contribution in [3.05, 3.63) is 54.0 Å². The quantitative estimate of drug-likeness (QED) is 0.0211. The first-order valence-corrected chi connectivity index (χ1v) is 27.5. The van der Waals surface area contributed by atoms with Gasteiger partial charge in [0.25, 0.3) is 0 Å². The Hall–Kier alpha value is -1.45. The van der Waals surface area contributed by atoms with Gasteiger partial charge in [-0.15, -0.1) is 0 Å². The van der Waals surface area contributed by atoms with Crippen molar-refractivity contribution in [2.45, 2.75) is 276 Å². The van der Waals surface area contributed by atoms with Gasteiger partial charge >= 0.3 is 41.5 Å². The average Bonchev–Trinajstić information content (AvgIpc) is 3.26. The van der Waals surface area contributed by atoms with E-state index < -0.39 is 27.0 Å². The molecule has 1 aromatic rings. The number of rotatable bonds is 45. The van der Waals surface area contributed by atoms with E-state index in [-0.39, 0.29) is 40.7 Å². The molecule has 63 heavy (non-hydrogen) atoms. The molecule has 0 bridgehead atoms. The number of carbonyl (C=O) groups excluding carboxylic acids is 2. The summed E-state index contributed by atoms with van der Waals surface area (Å²) in [5.41, 5.74) is -0.491. The van der Waals surface area contributed by atoms with E-state index in [9.17, 15) is 22.6 Å². The van der Waals surface area contributed by atoms with Gasteiger partial charge in [0.2, 0.25) is 0 Å². The van der Waals surface area contributed by atoms with Gasteiger partial charge in [0.05, 0.1) is 28.5 Å². The van der Waals surface area contributed by atoms with Crippen LogP contribution < -0.4 is 29.6 Å². The third-order valence-corrected chi connectivity index (χ3v) is 13.0. The zero-order valence-corrected chi connectivity index (χ0v) is 43.9. The molecular formula is C54H93NaO7S. The summed E-state index contributed by atoms with van der Waals surface area (Å²) in [6, 6.07) is 3.01. The van der Waals surface area contributed by atoms with E-state index in [1.807, 2.05) is 0 Å². The molecule has 0 N–H and O–H groups in total. The molecule has 0 unspecified atom stereocenters. The van der Waals surface area contributed by atoms with Gasteiger partial charge in [-0.25, -0.2) is 18.0 Å². The molecule has 7 nitrogen and oxygen atoms in total. The van der Waals surface area contributed by atoms with Crippen LogP contribution in [0.25, 0.3) is 0 Å². The van der Waals surface area contributed by atoms with Gasteiger partial charge in [0.1, 0.15) is 10.1 Å². The van der Waals surface area contributed by atoms with E-state index in [0.29, 0.717) is 0 Å². The van der Waals surface area contributed by atoms with E-state index in [4.69, 9.17) is 9.47 Å². The number of benzene rings is 1. The van der Waals surface area contributed by atoms with Crippen molar-refractivity contribution in [3.8, 4) is 0 Å². The van der Waals surface area contributed by atoms with Crippen molar-refractivity contribution in [3.63, 3.8) is 0 Å². The fourth-order valence-electron chi connectivity index (χ4n) is 8.19. The minimum Gasteiger partial charge on any atom is -0.744 e. The zero-order chi connectivity index (χ0) is 45.0. The largest absolute Gasteiger partial charge is 1.00 e. The molecule has 0 fully saturated rings. The van der Waals surface area contributed by atoms with Crippen LogP contribution in [0, 0.1) is 0 Å². The van der Waals surface area contributed by atoms with Crippen LogP contribution in [0.3, 0.4) is 0 Å². The van der Waals surface area contributed by atoms with Crippen LogP contribution >= 0.6 is 0 Å². The van der Waals surface area contributed by atoms with Gasteiger partial charge in [0, 0.05) is 0 Å². The summed E-state index contributed by atoms with van der Waals surface area (Å²) >= 11 is 0. The number of hydrogen-bond acceptors (Lipinski definition) is 7. The molecule has 1 aromatic carbocycles. The van der Waals surface area contributed by atoms with Crippen LogP contribution in [0.2, 0.25) is 0 Å². The SMILES string of the molecule is CCCCCCCCCCCCCCCCCCCCC/C=C/OC(=O)c1ccc(S(=O)(=O)[O-])cc1C(=O)O/C=C/CCCCCCCCCCCCCCCCCCCCC.[Na+]. The molecule has 0 amide bonds. The Morgan fingerprint density at radius 1 is 0.429 bits per heavy atom. The van der Waals surface area contributed by atoms with Gasteiger partial charge in [0.15, 0.2) is 0 Å². The molecule has 0 atom stereocenters. The Labute approximate surface area is 410 Å². The summed E-state index contributed by atoms with van der Waals surface area (Å²) in [7, 11) is -4.85. The molecule has 0 heterocycles. The molecule has 0 aliphatic rings. The van der Waals surface area contributed by atoms with Gasteiger partial charge in [-0.05, 0) is 56.0 Å². The molecule has 0 aliphatic heterocycles. The number of hydrogen-bond donors (Lipinski definition) is 0. The maximum absolute atomic E-state index is 12.9. The van der Waals surface area contributed by atoms with Crippen LogP contribution in [-0.4, -0.2) is 24.9 Å². The standard InChI is InChI=1S/C54H94O7S.Na/c1-3-5-7-9-11-13-15-17-19-21-23-25-27-29-31-33-35-37-39-41-43-47-60-53(55)51-46-45-50(62(57,58)59)49-52(51)54(56)61-48-44-42-40-38-36-34-32-30-28-26-24-22-20-18-16-14-12-10-8-6-4-2;/h43-49H,3-42H2,1-2H3,(H,57,58,59);/q;+1/p-1/b47-43+,48-44+;. The fraction of sp³-hybridized carbons (Fsp3) is 0.778. The summed E-state index contributed by atoms with van der Waals surface area (Å²) in [6.45, 7) is 4.55. The molecule has 0 aliphatic carbocycles. The Bertz CT molecular complexity index is 1380. The van der Waals surface area contributed by atoms with E-state index in [1.54, 1.807) is 12.2 Å². The summed E-state index contributed by atoms with van der Waals surface area (Å²) in [6.07, 6.45) is 58.0. The summed E-state index contributed by atoms with van der Waals surface area (Å²) in [5.74, 6) is -1.75. The van der Waals surface area contributed by atoms with Gasteiger partial charge in [-0.3, -0.25) is 0 Å². The van der Waals surface area contributed by atoms with E-state index >= 15 is 0 Å². The van der Waals surface area contributed by atoms with Crippen LogP contribution in [0.1, 0.15) is 291 Å². The molecule has 358 valence electrons. The van der Waals surface area contributed by atoms with Gasteiger partial charge < -0.3 is 14.0 Å². The van der Waals surface area contributed by atoms with Crippen molar-refractivity contribution in [2.75, 3.05) is 0 Å². The first kappa shape index (κ1) is 61.5. The summed E-state index contributed by atoms with van der Waals surface area (Å²) < 4.78 is 45.5. The average molecular weight is 909 g/mol. The second-order valence-corrected chi connectivity index (χ2v) is 19.4.